The van der Waals surface area contributed by atoms with Gasteiger partial charge in [-0.2, -0.15) is 0 Å². The molecular weight excluding hydrogens is 272 g/mol. The van der Waals surface area contributed by atoms with Gasteiger partial charge in [-0.15, -0.1) is 0 Å². The lowest BCUT2D eigenvalue weighted by Gasteiger charge is -2.12. The Morgan fingerprint density at radius 2 is 2.00 bits per heavy atom. The number of carboxylic acid groups (broad SMARTS) is 1. The van der Waals surface area contributed by atoms with Crippen LogP contribution in [0.15, 0.2) is 24.4 Å². The minimum absolute atomic E-state index is 0.176. The van der Waals surface area contributed by atoms with Crippen LogP contribution in [0.4, 0.5) is 24.7 Å². The number of benzene rings is 1. The van der Waals surface area contributed by atoms with Gasteiger partial charge in [0, 0.05) is 0 Å². The van der Waals surface area contributed by atoms with Crippen molar-refractivity contribution in [1.29, 1.82) is 0 Å². The third-order valence-electron chi connectivity index (χ3n) is 2.45. The molecule has 1 heterocycles. The summed E-state index contributed by atoms with van der Waals surface area (Å²) in [6, 6.07) is 2.49. The summed E-state index contributed by atoms with van der Waals surface area (Å²) in [5.41, 5.74) is -1.32. The molecule has 0 aliphatic rings. The minimum Gasteiger partial charge on any atom is -0.478 e. The van der Waals surface area contributed by atoms with Crippen LogP contribution in [0.25, 0.3) is 0 Å². The number of rotatable bonds is 3. The van der Waals surface area contributed by atoms with Crippen molar-refractivity contribution in [3.05, 3.63) is 47.4 Å². The molecule has 2 radical (unpaired) electrons. The predicted molar refractivity (Wildman–Crippen MR) is 66.2 cm³/mol. The van der Waals surface area contributed by atoms with Gasteiger partial charge in [0.15, 0.2) is 11.6 Å². The second kappa shape index (κ2) is 5.24. The van der Waals surface area contributed by atoms with E-state index < -0.39 is 34.7 Å². The van der Waals surface area contributed by atoms with Gasteiger partial charge in [0.1, 0.15) is 19.5 Å². The number of nitrogens with zero attached hydrogens (tertiary/aromatic N) is 1. The molecule has 0 spiro atoms. The molecule has 0 aliphatic carbocycles. The van der Waals surface area contributed by atoms with Gasteiger partial charge >= 0.3 is 5.97 Å². The van der Waals surface area contributed by atoms with Crippen molar-refractivity contribution in [1.82, 2.24) is 4.98 Å². The number of halogens is 3. The van der Waals surface area contributed by atoms with Crippen LogP contribution in [0.1, 0.15) is 10.4 Å². The Balaban J connectivity index is 2.52. The van der Waals surface area contributed by atoms with Crippen molar-refractivity contribution in [3.63, 3.8) is 0 Å². The summed E-state index contributed by atoms with van der Waals surface area (Å²) in [6.07, 6.45) is 0.802. The third kappa shape index (κ3) is 2.58. The number of aromatic nitrogens is 1. The van der Waals surface area contributed by atoms with Gasteiger partial charge in [-0.25, -0.2) is 22.9 Å². The van der Waals surface area contributed by atoms with Gasteiger partial charge in [0.05, 0.1) is 17.4 Å². The van der Waals surface area contributed by atoms with Crippen molar-refractivity contribution in [2.75, 3.05) is 5.32 Å². The summed E-state index contributed by atoms with van der Waals surface area (Å²) >= 11 is 0. The lowest BCUT2D eigenvalue weighted by Crippen LogP contribution is -2.15. The zero-order valence-electron chi connectivity index (χ0n) is 9.82. The maximum atomic E-state index is 13.7. The van der Waals surface area contributed by atoms with E-state index in [0.717, 1.165) is 18.3 Å². The first kappa shape index (κ1) is 13.9. The third-order valence-corrected chi connectivity index (χ3v) is 2.45. The molecule has 0 fully saturated rings. The number of hydrogen-bond donors (Lipinski definition) is 2. The fourth-order valence-corrected chi connectivity index (χ4v) is 1.53. The highest BCUT2D eigenvalue weighted by Gasteiger charge is 2.19. The molecule has 0 saturated heterocycles. The summed E-state index contributed by atoms with van der Waals surface area (Å²) in [6.45, 7) is 0. The number of aromatic carboxylic acids is 1. The second-order valence-electron chi connectivity index (χ2n) is 3.81. The molecule has 4 nitrogen and oxygen atoms in total. The van der Waals surface area contributed by atoms with E-state index in [9.17, 15) is 18.0 Å². The first-order chi connectivity index (χ1) is 9.40. The smallest absolute Gasteiger partial charge is 0.337 e. The average Bonchev–Trinajstić information content (AvgIpc) is 2.37. The molecule has 0 atom stereocenters. The second-order valence-corrected chi connectivity index (χ2v) is 3.81. The van der Waals surface area contributed by atoms with Crippen LogP contribution in [0, 0.1) is 17.5 Å². The van der Waals surface area contributed by atoms with Crippen LogP contribution in [-0.4, -0.2) is 23.9 Å². The van der Waals surface area contributed by atoms with E-state index in [-0.39, 0.29) is 11.3 Å². The SMILES string of the molecule is [B]c1cc(F)cnc1Nc1c(C(=O)O)ccc(F)c1F. The molecule has 0 aliphatic heterocycles. The number of carbonyl (C=O) groups is 1. The number of nitrogens with one attached hydrogen (secondary N) is 1. The van der Waals surface area contributed by atoms with Crippen LogP contribution >= 0.6 is 0 Å². The molecule has 2 rings (SSSR count). The Morgan fingerprint density at radius 3 is 2.60 bits per heavy atom. The van der Waals surface area contributed by atoms with Crippen LogP contribution in [-0.2, 0) is 0 Å². The maximum absolute atomic E-state index is 13.7. The molecule has 20 heavy (non-hydrogen) atoms. The molecule has 0 unspecified atom stereocenters. The van der Waals surface area contributed by atoms with E-state index >= 15 is 0 Å². The highest BCUT2D eigenvalue weighted by atomic mass is 19.2. The van der Waals surface area contributed by atoms with Crippen molar-refractivity contribution < 1.29 is 23.1 Å². The van der Waals surface area contributed by atoms with Gasteiger partial charge in [-0.3, -0.25) is 0 Å². The zero-order chi connectivity index (χ0) is 14.9. The molecule has 0 amide bonds. The Morgan fingerprint density at radius 1 is 1.30 bits per heavy atom. The summed E-state index contributed by atoms with van der Waals surface area (Å²) in [4.78, 5) is 14.5. The predicted octanol–water partition coefficient (Wildman–Crippen LogP) is 1.73. The first-order valence-corrected chi connectivity index (χ1v) is 5.29. The monoisotopic (exact) mass is 278 g/mol. The molecule has 8 heteroatoms. The van der Waals surface area contributed by atoms with Crippen LogP contribution in [0.5, 0.6) is 0 Å². The summed E-state index contributed by atoms with van der Waals surface area (Å²) < 4.78 is 39.7. The van der Waals surface area contributed by atoms with Gasteiger partial charge < -0.3 is 10.4 Å². The molecule has 1 aromatic carbocycles. The van der Waals surface area contributed by atoms with Gasteiger partial charge in [-0.1, -0.05) is 5.46 Å². The molecular formula is C12H6BF3N2O2. The fourth-order valence-electron chi connectivity index (χ4n) is 1.53. The number of pyridine rings is 1. The average molecular weight is 278 g/mol. The van der Waals surface area contributed by atoms with Crippen LogP contribution < -0.4 is 10.8 Å². The highest BCUT2D eigenvalue weighted by Crippen LogP contribution is 2.25. The van der Waals surface area contributed by atoms with E-state index in [2.05, 4.69) is 10.3 Å². The summed E-state index contributed by atoms with van der Waals surface area (Å²) in [5, 5.41) is 11.2. The zero-order valence-corrected chi connectivity index (χ0v) is 9.82. The van der Waals surface area contributed by atoms with Crippen LogP contribution in [0.2, 0.25) is 0 Å². The molecule has 2 N–H and O–H groups in total. The minimum atomic E-state index is -1.47. The Kier molecular flexibility index (Phi) is 3.65. The Labute approximate surface area is 112 Å². The quantitative estimate of drug-likeness (QED) is 0.839. The van der Waals surface area contributed by atoms with Crippen molar-refractivity contribution >= 4 is 30.8 Å². The standard InChI is InChI=1S/C12H6BF3N2O2/c13-7-3-5(14)4-17-11(7)18-10-6(12(19)20)1-2-8(15)9(10)16/h1-4H,(H,17,18)(H,19,20). The van der Waals surface area contributed by atoms with Gasteiger partial charge in [0.2, 0.25) is 0 Å². The van der Waals surface area contributed by atoms with Gasteiger partial charge in [-0.05, 0) is 18.2 Å². The number of anilines is 2. The van der Waals surface area contributed by atoms with E-state index in [1.165, 1.54) is 0 Å². The van der Waals surface area contributed by atoms with E-state index in [0.29, 0.717) is 6.07 Å². The molecule has 0 bridgehead atoms. The molecule has 2 aromatic rings. The fraction of sp³-hybridized carbons (Fsp3) is 0. The maximum Gasteiger partial charge on any atom is 0.337 e. The Bertz CT molecular complexity index is 695. The van der Waals surface area contributed by atoms with E-state index in [1.54, 1.807) is 0 Å². The lowest BCUT2D eigenvalue weighted by molar-refractivity contribution is 0.0697. The van der Waals surface area contributed by atoms with Crippen molar-refractivity contribution in [3.8, 4) is 0 Å². The highest BCUT2D eigenvalue weighted by molar-refractivity contribution is 6.35. The van der Waals surface area contributed by atoms with Crippen LogP contribution in [0.3, 0.4) is 0 Å². The van der Waals surface area contributed by atoms with E-state index in [4.69, 9.17) is 13.0 Å². The largest absolute Gasteiger partial charge is 0.478 e. The molecule has 0 saturated carbocycles. The van der Waals surface area contributed by atoms with Crippen molar-refractivity contribution in [2.45, 2.75) is 0 Å². The summed E-state index contributed by atoms with van der Waals surface area (Å²) in [5.74, 6) is -5.00. The summed E-state index contributed by atoms with van der Waals surface area (Å²) in [7, 11) is 5.45. The molecule has 100 valence electrons. The normalized spacial score (nSPS) is 10.3. The van der Waals surface area contributed by atoms with E-state index in [1.807, 2.05) is 0 Å². The van der Waals surface area contributed by atoms with Crippen molar-refractivity contribution in [2.24, 2.45) is 0 Å². The molecule has 1 aromatic heterocycles. The number of carboxylic acids is 1. The topological polar surface area (TPSA) is 62.2 Å². The Hall–Kier alpha value is -2.51. The first-order valence-electron chi connectivity index (χ1n) is 5.29. The lowest BCUT2D eigenvalue weighted by atomic mass is 9.97. The van der Waals surface area contributed by atoms with Gasteiger partial charge in [0.25, 0.3) is 0 Å². The number of hydrogen-bond acceptors (Lipinski definition) is 3.